The summed E-state index contributed by atoms with van der Waals surface area (Å²) in [6, 6.07) is 7.85. The van der Waals surface area contributed by atoms with Crippen LogP contribution in [0, 0.1) is 0 Å². The third-order valence-electron chi connectivity index (χ3n) is 3.95. The second kappa shape index (κ2) is 6.40. The Balaban J connectivity index is 0.00000133. The van der Waals surface area contributed by atoms with Crippen LogP contribution < -0.4 is 4.74 Å². The maximum absolute atomic E-state index is 12.3. The first-order chi connectivity index (χ1) is 8.84. The third kappa shape index (κ3) is 3.10. The molecule has 104 valence electrons. The lowest BCUT2D eigenvalue weighted by atomic mass is 10.0. The van der Waals surface area contributed by atoms with Crippen LogP contribution in [0.5, 0.6) is 5.75 Å². The van der Waals surface area contributed by atoms with E-state index in [9.17, 15) is 4.79 Å². The number of fused-ring (bicyclic) bond motifs is 1. The van der Waals surface area contributed by atoms with Gasteiger partial charge in [-0.2, -0.15) is 0 Å². The van der Waals surface area contributed by atoms with E-state index in [0.29, 0.717) is 13.0 Å². The second-order valence-corrected chi connectivity index (χ2v) is 5.18. The zero-order valence-corrected chi connectivity index (χ0v) is 11.8. The molecule has 3 rings (SSSR count). The summed E-state index contributed by atoms with van der Waals surface area (Å²) in [6.45, 7) is 2.86. The van der Waals surface area contributed by atoms with E-state index in [1.54, 1.807) is 0 Å². The minimum atomic E-state index is 0. The fraction of sp³-hybridized carbons (Fsp3) is 0.533. The molecule has 1 fully saturated rings. The van der Waals surface area contributed by atoms with Crippen molar-refractivity contribution < 1.29 is 9.53 Å². The van der Waals surface area contributed by atoms with E-state index in [1.807, 2.05) is 24.3 Å². The predicted molar refractivity (Wildman–Crippen MR) is 77.3 cm³/mol. The number of para-hydroxylation sites is 1. The Labute approximate surface area is 120 Å². The van der Waals surface area contributed by atoms with E-state index in [1.165, 1.54) is 19.3 Å². The van der Waals surface area contributed by atoms with E-state index >= 15 is 0 Å². The van der Waals surface area contributed by atoms with Gasteiger partial charge in [0, 0.05) is 6.42 Å². The summed E-state index contributed by atoms with van der Waals surface area (Å²) < 4.78 is 5.82. The van der Waals surface area contributed by atoms with Gasteiger partial charge in [0.15, 0.2) is 5.78 Å². The smallest absolute Gasteiger partial charge is 0.168 e. The molecule has 0 saturated carbocycles. The lowest BCUT2D eigenvalue weighted by Crippen LogP contribution is -2.43. The molecule has 2 aliphatic rings. The van der Waals surface area contributed by atoms with Gasteiger partial charge in [-0.3, -0.25) is 9.69 Å². The van der Waals surface area contributed by atoms with Crippen molar-refractivity contribution in [1.29, 1.82) is 0 Å². The summed E-state index contributed by atoms with van der Waals surface area (Å²) in [7, 11) is 0. The number of ether oxygens (including phenoxy) is 1. The fourth-order valence-electron chi connectivity index (χ4n) is 2.91. The maximum Gasteiger partial charge on any atom is 0.168 e. The number of carbonyl (C=O) groups is 1. The number of likely N-dealkylation sites (tertiary alicyclic amines) is 1. The summed E-state index contributed by atoms with van der Waals surface area (Å²) >= 11 is 0. The molecule has 1 unspecified atom stereocenters. The van der Waals surface area contributed by atoms with Crippen LogP contribution in [-0.2, 0) is 0 Å². The normalized spacial score (nSPS) is 23.8. The molecule has 19 heavy (non-hydrogen) atoms. The van der Waals surface area contributed by atoms with Crippen molar-refractivity contribution in [1.82, 2.24) is 4.90 Å². The van der Waals surface area contributed by atoms with Gasteiger partial charge in [0.2, 0.25) is 0 Å². The molecule has 0 aliphatic carbocycles. The molecule has 2 aliphatic heterocycles. The van der Waals surface area contributed by atoms with Crippen LogP contribution >= 0.6 is 12.4 Å². The molecular weight excluding hydrogens is 262 g/mol. The highest BCUT2D eigenvalue weighted by atomic mass is 35.5. The molecule has 1 aromatic rings. The van der Waals surface area contributed by atoms with Crippen molar-refractivity contribution in [3.05, 3.63) is 29.8 Å². The number of piperidine rings is 1. The molecule has 0 spiro atoms. The predicted octanol–water partition coefficient (Wildman–Crippen LogP) is 2.93. The van der Waals surface area contributed by atoms with Crippen LogP contribution in [0.2, 0.25) is 0 Å². The molecule has 1 aromatic carbocycles. The SMILES string of the molecule is Cl.O=C1CC(N2CCCCC2)COc2ccccc21. The lowest BCUT2D eigenvalue weighted by Gasteiger charge is -2.33. The Morgan fingerprint density at radius 2 is 1.84 bits per heavy atom. The molecule has 0 amide bonds. The standard InChI is InChI=1S/C15H19NO2.ClH/c17-14-10-12(16-8-4-1-5-9-16)11-18-15-7-3-2-6-13(14)15;/h2-3,6-7,12H,1,4-5,8-11H2;1H. The largest absolute Gasteiger partial charge is 0.491 e. The average Bonchev–Trinajstić information content (AvgIpc) is 2.60. The van der Waals surface area contributed by atoms with Crippen LogP contribution in [0.4, 0.5) is 0 Å². The number of ketones is 1. The van der Waals surface area contributed by atoms with Gasteiger partial charge in [-0.1, -0.05) is 18.6 Å². The number of carbonyl (C=O) groups excluding carboxylic acids is 1. The molecule has 1 atom stereocenters. The van der Waals surface area contributed by atoms with Crippen molar-refractivity contribution in [2.75, 3.05) is 19.7 Å². The van der Waals surface area contributed by atoms with Gasteiger partial charge in [0.05, 0.1) is 11.6 Å². The van der Waals surface area contributed by atoms with Crippen molar-refractivity contribution in [3.8, 4) is 5.75 Å². The summed E-state index contributed by atoms with van der Waals surface area (Å²) in [5, 5.41) is 0. The molecule has 0 N–H and O–H groups in total. The van der Waals surface area contributed by atoms with Crippen molar-refractivity contribution >= 4 is 18.2 Å². The Morgan fingerprint density at radius 3 is 2.63 bits per heavy atom. The fourth-order valence-corrected chi connectivity index (χ4v) is 2.91. The van der Waals surface area contributed by atoms with Crippen molar-refractivity contribution in [3.63, 3.8) is 0 Å². The van der Waals surface area contributed by atoms with E-state index in [4.69, 9.17) is 4.74 Å². The molecule has 3 nitrogen and oxygen atoms in total. The van der Waals surface area contributed by atoms with Crippen LogP contribution in [0.1, 0.15) is 36.0 Å². The van der Waals surface area contributed by atoms with Gasteiger partial charge >= 0.3 is 0 Å². The van der Waals surface area contributed by atoms with Gasteiger partial charge in [0.25, 0.3) is 0 Å². The minimum absolute atomic E-state index is 0. The number of nitrogens with zero attached hydrogens (tertiary/aromatic N) is 1. The van der Waals surface area contributed by atoms with E-state index in [0.717, 1.165) is 24.4 Å². The number of hydrogen-bond acceptors (Lipinski definition) is 3. The molecule has 1 saturated heterocycles. The number of Topliss-reactive ketones (excluding diaryl/α,β-unsaturated/α-hetero) is 1. The summed E-state index contributed by atoms with van der Waals surface area (Å²) in [5.41, 5.74) is 0.747. The van der Waals surface area contributed by atoms with E-state index in [-0.39, 0.29) is 24.2 Å². The van der Waals surface area contributed by atoms with Crippen LogP contribution in [0.15, 0.2) is 24.3 Å². The number of rotatable bonds is 1. The third-order valence-corrected chi connectivity index (χ3v) is 3.95. The van der Waals surface area contributed by atoms with Gasteiger partial charge in [0.1, 0.15) is 12.4 Å². The molecule has 0 aromatic heterocycles. The lowest BCUT2D eigenvalue weighted by molar-refractivity contribution is 0.0851. The minimum Gasteiger partial charge on any atom is -0.491 e. The van der Waals surface area contributed by atoms with Crippen molar-refractivity contribution in [2.24, 2.45) is 0 Å². The molecule has 0 bridgehead atoms. The maximum atomic E-state index is 12.3. The molecule has 2 heterocycles. The zero-order chi connectivity index (χ0) is 12.4. The van der Waals surface area contributed by atoms with Gasteiger partial charge < -0.3 is 4.74 Å². The van der Waals surface area contributed by atoms with Crippen molar-refractivity contribution in [2.45, 2.75) is 31.7 Å². The highest BCUT2D eigenvalue weighted by molar-refractivity contribution is 5.99. The Morgan fingerprint density at radius 1 is 1.11 bits per heavy atom. The number of halogens is 1. The molecule has 4 heteroatoms. The topological polar surface area (TPSA) is 29.5 Å². The van der Waals surface area contributed by atoms with Gasteiger partial charge in [-0.15, -0.1) is 12.4 Å². The molecular formula is C15H20ClNO2. The molecule has 0 radical (unpaired) electrons. The first kappa shape index (κ1) is 14.4. The van der Waals surface area contributed by atoms with E-state index in [2.05, 4.69) is 4.90 Å². The Hall–Kier alpha value is -1.06. The van der Waals surface area contributed by atoms with Gasteiger partial charge in [-0.05, 0) is 38.1 Å². The Kier molecular flexibility index (Phi) is 4.83. The highest BCUT2D eigenvalue weighted by Crippen LogP contribution is 2.26. The number of hydrogen-bond donors (Lipinski definition) is 0. The summed E-state index contributed by atoms with van der Waals surface area (Å²) in [6.07, 6.45) is 4.41. The summed E-state index contributed by atoms with van der Waals surface area (Å²) in [5.74, 6) is 0.973. The van der Waals surface area contributed by atoms with Crippen LogP contribution in [0.25, 0.3) is 0 Å². The highest BCUT2D eigenvalue weighted by Gasteiger charge is 2.28. The Bertz CT molecular complexity index is 444. The van der Waals surface area contributed by atoms with Gasteiger partial charge in [-0.25, -0.2) is 0 Å². The monoisotopic (exact) mass is 281 g/mol. The van der Waals surface area contributed by atoms with Crippen LogP contribution in [0.3, 0.4) is 0 Å². The van der Waals surface area contributed by atoms with Crippen LogP contribution in [-0.4, -0.2) is 36.4 Å². The average molecular weight is 282 g/mol. The quantitative estimate of drug-likeness (QED) is 0.793. The summed E-state index contributed by atoms with van der Waals surface area (Å²) in [4.78, 5) is 14.7. The first-order valence-electron chi connectivity index (χ1n) is 6.83. The number of benzene rings is 1. The zero-order valence-electron chi connectivity index (χ0n) is 11.0. The second-order valence-electron chi connectivity index (χ2n) is 5.18. The van der Waals surface area contributed by atoms with E-state index < -0.39 is 0 Å². The first-order valence-corrected chi connectivity index (χ1v) is 6.83.